The van der Waals surface area contributed by atoms with Gasteiger partial charge in [-0.3, -0.25) is 4.79 Å². The molecule has 0 aromatic carbocycles. The lowest BCUT2D eigenvalue weighted by Gasteiger charge is -1.98. The van der Waals surface area contributed by atoms with Gasteiger partial charge in [0, 0.05) is 0 Å². The van der Waals surface area contributed by atoms with Crippen LogP contribution in [0.25, 0.3) is 0 Å². The summed E-state index contributed by atoms with van der Waals surface area (Å²) in [5, 5.41) is 1.95. The van der Waals surface area contributed by atoms with Gasteiger partial charge in [0.05, 0.1) is 10.9 Å². The molecule has 0 aliphatic heterocycles. The van der Waals surface area contributed by atoms with Gasteiger partial charge in [-0.1, -0.05) is 0 Å². The van der Waals surface area contributed by atoms with Crippen LogP contribution in [0, 0.1) is 6.92 Å². The largest absolute Gasteiger partial charge is 0.321 e. The van der Waals surface area contributed by atoms with E-state index in [9.17, 15) is 4.79 Å². The minimum Gasteiger partial charge on any atom is -0.321 e. The molecule has 0 spiro atoms. The lowest BCUT2D eigenvalue weighted by Crippen LogP contribution is -2.25. The van der Waals surface area contributed by atoms with Gasteiger partial charge in [0.25, 0.3) is 0 Å². The molecule has 11 heavy (non-hydrogen) atoms. The van der Waals surface area contributed by atoms with E-state index in [0.29, 0.717) is 0 Å². The second-order valence-electron chi connectivity index (χ2n) is 2.64. The fraction of sp³-hybridized carbons (Fsp3) is 0.375. The zero-order valence-electron chi connectivity index (χ0n) is 6.63. The summed E-state index contributed by atoms with van der Waals surface area (Å²) in [6, 6.07) is 1.49. The molecule has 1 aromatic heterocycles. The van der Waals surface area contributed by atoms with Crippen LogP contribution in [0.1, 0.15) is 22.2 Å². The van der Waals surface area contributed by atoms with E-state index in [1.54, 1.807) is 6.92 Å². The number of hydrogen-bond donors (Lipinski definition) is 1. The Bertz CT molecular complexity index is 265. The van der Waals surface area contributed by atoms with Crippen molar-refractivity contribution in [3.63, 3.8) is 0 Å². The standard InChI is InChI=1S/C8H11NOS/c1-5-3-7(11-4-5)8(10)6(2)9/h3-4,6H,9H2,1-2H3. The second kappa shape index (κ2) is 3.15. The van der Waals surface area contributed by atoms with Crippen LogP contribution in [0.2, 0.25) is 0 Å². The van der Waals surface area contributed by atoms with Crippen molar-refractivity contribution in [2.45, 2.75) is 19.9 Å². The van der Waals surface area contributed by atoms with E-state index in [-0.39, 0.29) is 11.8 Å². The van der Waals surface area contributed by atoms with Crippen LogP contribution >= 0.6 is 11.3 Å². The zero-order chi connectivity index (χ0) is 8.43. The Balaban J connectivity index is 2.85. The Morgan fingerprint density at radius 2 is 2.36 bits per heavy atom. The van der Waals surface area contributed by atoms with E-state index in [2.05, 4.69) is 0 Å². The number of rotatable bonds is 2. The molecule has 0 fully saturated rings. The van der Waals surface area contributed by atoms with Crippen LogP contribution in [0.15, 0.2) is 11.4 Å². The Labute approximate surface area is 70.0 Å². The van der Waals surface area contributed by atoms with Crippen LogP contribution in [-0.4, -0.2) is 11.8 Å². The number of thiophene rings is 1. The fourth-order valence-corrected chi connectivity index (χ4v) is 1.72. The van der Waals surface area contributed by atoms with Crippen molar-refractivity contribution in [3.8, 4) is 0 Å². The van der Waals surface area contributed by atoms with Crippen molar-refractivity contribution >= 4 is 17.1 Å². The molecule has 0 bridgehead atoms. The smallest absolute Gasteiger partial charge is 0.189 e. The minimum absolute atomic E-state index is 0.0306. The van der Waals surface area contributed by atoms with E-state index in [4.69, 9.17) is 5.73 Å². The molecule has 60 valence electrons. The number of carbonyl (C=O) groups is 1. The van der Waals surface area contributed by atoms with Crippen LogP contribution in [0.5, 0.6) is 0 Å². The summed E-state index contributed by atoms with van der Waals surface area (Å²) < 4.78 is 0. The first-order valence-electron chi connectivity index (χ1n) is 3.46. The van der Waals surface area contributed by atoms with Gasteiger partial charge in [0.15, 0.2) is 5.78 Å². The minimum atomic E-state index is -0.381. The van der Waals surface area contributed by atoms with E-state index >= 15 is 0 Å². The first kappa shape index (κ1) is 8.43. The van der Waals surface area contributed by atoms with E-state index < -0.39 is 0 Å². The van der Waals surface area contributed by atoms with E-state index in [1.807, 2.05) is 18.4 Å². The average molecular weight is 169 g/mol. The quantitative estimate of drug-likeness (QED) is 0.683. The van der Waals surface area contributed by atoms with Gasteiger partial charge in [0.2, 0.25) is 0 Å². The van der Waals surface area contributed by atoms with Gasteiger partial charge < -0.3 is 5.73 Å². The molecule has 2 nitrogen and oxygen atoms in total. The molecule has 1 unspecified atom stereocenters. The Kier molecular flexibility index (Phi) is 2.42. The summed E-state index contributed by atoms with van der Waals surface area (Å²) in [4.78, 5) is 12.0. The number of ketones is 1. The maximum absolute atomic E-state index is 11.2. The highest BCUT2D eigenvalue weighted by Gasteiger charge is 2.11. The maximum atomic E-state index is 11.2. The predicted octanol–water partition coefficient (Wildman–Crippen LogP) is 1.59. The molecule has 0 aliphatic rings. The monoisotopic (exact) mass is 169 g/mol. The first-order chi connectivity index (χ1) is 5.11. The molecule has 1 rings (SSSR count). The summed E-state index contributed by atoms with van der Waals surface area (Å²) in [6.45, 7) is 3.67. The number of carbonyl (C=O) groups excluding carboxylic acids is 1. The van der Waals surface area contributed by atoms with Crippen LogP contribution < -0.4 is 5.73 Å². The van der Waals surface area contributed by atoms with Crippen molar-refractivity contribution in [2.24, 2.45) is 5.73 Å². The average Bonchev–Trinajstić information content (AvgIpc) is 2.34. The third-order valence-electron chi connectivity index (χ3n) is 1.39. The van der Waals surface area contributed by atoms with E-state index in [0.717, 1.165) is 10.4 Å². The Morgan fingerprint density at radius 3 is 2.73 bits per heavy atom. The third-order valence-corrected chi connectivity index (χ3v) is 2.45. The molecular weight excluding hydrogens is 158 g/mol. The van der Waals surface area contributed by atoms with Gasteiger partial charge in [0.1, 0.15) is 0 Å². The van der Waals surface area contributed by atoms with Gasteiger partial charge >= 0.3 is 0 Å². The number of aryl methyl sites for hydroxylation is 1. The van der Waals surface area contributed by atoms with Crippen molar-refractivity contribution < 1.29 is 4.79 Å². The molecule has 1 heterocycles. The molecule has 0 saturated carbocycles. The highest BCUT2D eigenvalue weighted by molar-refractivity contribution is 7.12. The number of nitrogens with two attached hydrogens (primary N) is 1. The number of Topliss-reactive ketones (excluding diaryl/α,β-unsaturated/α-hetero) is 1. The van der Waals surface area contributed by atoms with Crippen LogP contribution in [0.4, 0.5) is 0 Å². The van der Waals surface area contributed by atoms with Gasteiger partial charge in [-0.15, -0.1) is 11.3 Å². The lowest BCUT2D eigenvalue weighted by molar-refractivity contribution is 0.0972. The summed E-state index contributed by atoms with van der Waals surface area (Å²) >= 11 is 1.46. The van der Waals surface area contributed by atoms with Crippen molar-refractivity contribution in [1.82, 2.24) is 0 Å². The molecule has 0 radical (unpaired) electrons. The first-order valence-corrected chi connectivity index (χ1v) is 4.34. The van der Waals surface area contributed by atoms with Crippen molar-refractivity contribution in [1.29, 1.82) is 0 Å². The second-order valence-corrected chi connectivity index (χ2v) is 3.55. The zero-order valence-corrected chi connectivity index (χ0v) is 7.44. The lowest BCUT2D eigenvalue weighted by atomic mass is 10.2. The molecule has 0 saturated heterocycles. The molecule has 0 amide bonds. The molecule has 3 heteroatoms. The Morgan fingerprint density at radius 1 is 1.73 bits per heavy atom. The summed E-state index contributed by atoms with van der Waals surface area (Å²) in [6.07, 6.45) is 0. The molecule has 0 aliphatic carbocycles. The normalized spacial score (nSPS) is 13.0. The predicted molar refractivity (Wildman–Crippen MR) is 47.0 cm³/mol. The molecule has 1 aromatic rings. The fourth-order valence-electron chi connectivity index (χ4n) is 0.785. The Hall–Kier alpha value is -0.670. The summed E-state index contributed by atoms with van der Waals surface area (Å²) in [5.74, 6) is 0.0306. The molecule has 1 atom stereocenters. The maximum Gasteiger partial charge on any atom is 0.189 e. The molecule has 2 N–H and O–H groups in total. The van der Waals surface area contributed by atoms with Crippen LogP contribution in [0.3, 0.4) is 0 Å². The number of hydrogen-bond acceptors (Lipinski definition) is 3. The van der Waals surface area contributed by atoms with E-state index in [1.165, 1.54) is 11.3 Å². The van der Waals surface area contributed by atoms with Crippen LogP contribution in [-0.2, 0) is 0 Å². The topological polar surface area (TPSA) is 43.1 Å². The summed E-state index contributed by atoms with van der Waals surface area (Å²) in [7, 11) is 0. The molecular formula is C8H11NOS. The van der Waals surface area contributed by atoms with Crippen molar-refractivity contribution in [3.05, 3.63) is 21.9 Å². The highest BCUT2D eigenvalue weighted by atomic mass is 32.1. The van der Waals surface area contributed by atoms with Gasteiger partial charge in [-0.25, -0.2) is 0 Å². The summed E-state index contributed by atoms with van der Waals surface area (Å²) in [5.41, 5.74) is 6.56. The van der Waals surface area contributed by atoms with Crippen molar-refractivity contribution in [2.75, 3.05) is 0 Å². The van der Waals surface area contributed by atoms with Gasteiger partial charge in [-0.2, -0.15) is 0 Å². The SMILES string of the molecule is Cc1csc(C(=O)C(C)N)c1. The third kappa shape index (κ3) is 1.88. The highest BCUT2D eigenvalue weighted by Crippen LogP contribution is 2.14. The van der Waals surface area contributed by atoms with Gasteiger partial charge in [-0.05, 0) is 30.9 Å².